The van der Waals surface area contributed by atoms with E-state index in [9.17, 15) is 23.4 Å². The zero-order valence-electron chi connectivity index (χ0n) is 11.4. The maximum Gasteiger partial charge on any atom is 0.339 e. The number of carboxylic acids is 1. The number of carbonyl (C=O) groups is 1. The van der Waals surface area contributed by atoms with Gasteiger partial charge in [0.1, 0.15) is 11.3 Å². The lowest BCUT2D eigenvalue weighted by atomic mass is 10.0. The van der Waals surface area contributed by atoms with Crippen molar-refractivity contribution in [2.75, 3.05) is 13.1 Å². The third kappa shape index (κ3) is 3.02. The van der Waals surface area contributed by atoms with Gasteiger partial charge < -0.3 is 15.3 Å². The van der Waals surface area contributed by atoms with Gasteiger partial charge in [0.05, 0.1) is 11.0 Å². The van der Waals surface area contributed by atoms with E-state index in [1.165, 1.54) is 10.4 Å². The molecule has 2 rings (SSSR count). The Morgan fingerprint density at radius 3 is 2.62 bits per heavy atom. The highest BCUT2D eigenvalue weighted by molar-refractivity contribution is 7.89. The molecule has 1 aliphatic rings. The van der Waals surface area contributed by atoms with Crippen LogP contribution in [0.1, 0.15) is 23.7 Å². The van der Waals surface area contributed by atoms with Crippen molar-refractivity contribution < 1.29 is 28.5 Å². The SMILES string of the molecule is CC(O)C1CCN(S(=O)(=O)c2ccc(O)c(C(=O)O)c2)C1. The van der Waals surface area contributed by atoms with Gasteiger partial charge in [-0.1, -0.05) is 0 Å². The van der Waals surface area contributed by atoms with E-state index in [0.29, 0.717) is 6.42 Å². The van der Waals surface area contributed by atoms with E-state index < -0.39 is 33.4 Å². The van der Waals surface area contributed by atoms with Gasteiger partial charge in [-0.25, -0.2) is 13.2 Å². The fraction of sp³-hybridized carbons (Fsp3) is 0.462. The quantitative estimate of drug-likeness (QED) is 0.744. The van der Waals surface area contributed by atoms with Gasteiger partial charge in [-0.05, 0) is 37.5 Å². The Kier molecular flexibility index (Phi) is 4.22. The van der Waals surface area contributed by atoms with Crippen molar-refractivity contribution in [3.63, 3.8) is 0 Å². The van der Waals surface area contributed by atoms with Gasteiger partial charge in [0.15, 0.2) is 0 Å². The summed E-state index contributed by atoms with van der Waals surface area (Å²) in [5.74, 6) is -2.01. The Labute approximate surface area is 122 Å². The Bertz CT molecular complexity index is 655. The first-order valence-corrected chi connectivity index (χ1v) is 7.92. The summed E-state index contributed by atoms with van der Waals surface area (Å²) in [6, 6.07) is 3.17. The Balaban J connectivity index is 2.33. The fourth-order valence-corrected chi connectivity index (χ4v) is 3.90. The second-order valence-corrected chi connectivity index (χ2v) is 7.07. The molecule has 7 nitrogen and oxygen atoms in total. The number of hydrogen-bond donors (Lipinski definition) is 3. The summed E-state index contributed by atoms with van der Waals surface area (Å²) in [5.41, 5.74) is -0.456. The van der Waals surface area contributed by atoms with Crippen molar-refractivity contribution in [2.45, 2.75) is 24.3 Å². The number of phenols is 1. The van der Waals surface area contributed by atoms with E-state index in [1.54, 1.807) is 6.92 Å². The van der Waals surface area contributed by atoms with Crippen molar-refractivity contribution in [3.8, 4) is 5.75 Å². The first-order valence-electron chi connectivity index (χ1n) is 6.48. The lowest BCUT2D eigenvalue weighted by Gasteiger charge is -2.18. The minimum Gasteiger partial charge on any atom is -0.507 e. The van der Waals surface area contributed by atoms with Crippen LogP contribution < -0.4 is 0 Å². The lowest BCUT2D eigenvalue weighted by Crippen LogP contribution is -2.30. The molecule has 1 fully saturated rings. The highest BCUT2D eigenvalue weighted by atomic mass is 32.2. The van der Waals surface area contributed by atoms with Crippen LogP contribution in [-0.4, -0.2) is 53.2 Å². The monoisotopic (exact) mass is 315 g/mol. The summed E-state index contributed by atoms with van der Waals surface area (Å²) in [5, 5.41) is 27.9. The van der Waals surface area contributed by atoms with Gasteiger partial charge in [0.2, 0.25) is 10.0 Å². The van der Waals surface area contributed by atoms with E-state index in [4.69, 9.17) is 5.11 Å². The number of aliphatic hydroxyl groups is 1. The molecule has 2 atom stereocenters. The summed E-state index contributed by atoms with van der Waals surface area (Å²) in [4.78, 5) is 10.8. The average Bonchev–Trinajstić information content (AvgIpc) is 2.89. The molecule has 1 aromatic rings. The summed E-state index contributed by atoms with van der Waals surface area (Å²) in [7, 11) is -3.83. The number of rotatable bonds is 4. The molecule has 2 unspecified atom stereocenters. The molecular weight excluding hydrogens is 298 g/mol. The minimum atomic E-state index is -3.83. The molecule has 8 heteroatoms. The van der Waals surface area contributed by atoms with Crippen LogP contribution in [-0.2, 0) is 10.0 Å². The number of hydrogen-bond acceptors (Lipinski definition) is 5. The molecule has 0 aromatic heterocycles. The molecule has 0 radical (unpaired) electrons. The number of carboxylic acid groups (broad SMARTS) is 1. The second kappa shape index (κ2) is 5.63. The Morgan fingerprint density at radius 2 is 2.10 bits per heavy atom. The number of aromatic hydroxyl groups is 1. The predicted molar refractivity (Wildman–Crippen MR) is 73.6 cm³/mol. The standard InChI is InChI=1S/C13H17NO6S/c1-8(15)9-4-5-14(7-9)21(19,20)10-2-3-12(16)11(6-10)13(17)18/h2-3,6,8-9,15-16H,4-5,7H2,1H3,(H,17,18). The van der Waals surface area contributed by atoms with Gasteiger partial charge in [-0.3, -0.25) is 0 Å². The molecule has 1 saturated heterocycles. The van der Waals surface area contributed by atoms with Crippen molar-refractivity contribution in [1.29, 1.82) is 0 Å². The van der Waals surface area contributed by atoms with Crippen LogP contribution in [0.15, 0.2) is 23.1 Å². The molecule has 0 bridgehead atoms. The van der Waals surface area contributed by atoms with Gasteiger partial charge in [-0.2, -0.15) is 4.31 Å². The van der Waals surface area contributed by atoms with Crippen molar-refractivity contribution >= 4 is 16.0 Å². The maximum atomic E-state index is 12.5. The number of sulfonamides is 1. The average molecular weight is 315 g/mol. The lowest BCUT2D eigenvalue weighted by molar-refractivity contribution is 0.0693. The normalized spacial score (nSPS) is 21.3. The highest BCUT2D eigenvalue weighted by Crippen LogP contribution is 2.28. The van der Waals surface area contributed by atoms with Crippen LogP contribution in [0.25, 0.3) is 0 Å². The number of aliphatic hydroxyl groups excluding tert-OH is 1. The number of aromatic carboxylic acids is 1. The van der Waals surface area contributed by atoms with Gasteiger partial charge in [0, 0.05) is 13.1 Å². The van der Waals surface area contributed by atoms with Gasteiger partial charge >= 0.3 is 5.97 Å². The third-order valence-electron chi connectivity index (χ3n) is 3.71. The molecule has 0 aliphatic carbocycles. The minimum absolute atomic E-state index is 0.129. The fourth-order valence-electron chi connectivity index (χ4n) is 2.36. The largest absolute Gasteiger partial charge is 0.507 e. The smallest absolute Gasteiger partial charge is 0.339 e. The molecular formula is C13H17NO6S. The van der Waals surface area contributed by atoms with E-state index in [1.807, 2.05) is 0 Å². The van der Waals surface area contributed by atoms with Crippen LogP contribution in [0.3, 0.4) is 0 Å². The van der Waals surface area contributed by atoms with Crippen LogP contribution in [0, 0.1) is 5.92 Å². The summed E-state index contributed by atoms with van der Waals surface area (Å²) in [6.45, 7) is 2.09. The molecule has 0 saturated carbocycles. The third-order valence-corrected chi connectivity index (χ3v) is 5.57. The number of benzene rings is 1. The van der Waals surface area contributed by atoms with Gasteiger partial charge in [0.25, 0.3) is 0 Å². The van der Waals surface area contributed by atoms with Crippen molar-refractivity contribution in [3.05, 3.63) is 23.8 Å². The van der Waals surface area contributed by atoms with E-state index >= 15 is 0 Å². The zero-order valence-corrected chi connectivity index (χ0v) is 12.2. The molecule has 0 amide bonds. The van der Waals surface area contributed by atoms with E-state index in [0.717, 1.165) is 12.1 Å². The molecule has 1 aliphatic heterocycles. The van der Waals surface area contributed by atoms with Crippen LogP contribution in [0.2, 0.25) is 0 Å². The second-order valence-electron chi connectivity index (χ2n) is 5.14. The molecule has 3 N–H and O–H groups in total. The predicted octanol–water partition coefficient (Wildman–Crippen LogP) is 0.482. The summed E-state index contributed by atoms with van der Waals surface area (Å²) in [6.07, 6.45) is -0.0413. The topological polar surface area (TPSA) is 115 Å². The van der Waals surface area contributed by atoms with E-state index in [2.05, 4.69) is 0 Å². The van der Waals surface area contributed by atoms with Crippen LogP contribution >= 0.6 is 0 Å². The Morgan fingerprint density at radius 1 is 1.43 bits per heavy atom. The zero-order chi connectivity index (χ0) is 15.8. The first-order chi connectivity index (χ1) is 9.73. The maximum absolute atomic E-state index is 12.5. The van der Waals surface area contributed by atoms with E-state index in [-0.39, 0.29) is 23.9 Å². The summed E-state index contributed by atoms with van der Waals surface area (Å²) >= 11 is 0. The summed E-state index contributed by atoms with van der Waals surface area (Å²) < 4.78 is 26.1. The van der Waals surface area contributed by atoms with Crippen molar-refractivity contribution in [1.82, 2.24) is 4.31 Å². The van der Waals surface area contributed by atoms with Gasteiger partial charge in [-0.15, -0.1) is 0 Å². The Hall–Kier alpha value is -1.64. The molecule has 21 heavy (non-hydrogen) atoms. The highest BCUT2D eigenvalue weighted by Gasteiger charge is 2.34. The van der Waals surface area contributed by atoms with Crippen LogP contribution in [0.4, 0.5) is 0 Å². The molecule has 0 spiro atoms. The van der Waals surface area contributed by atoms with Crippen molar-refractivity contribution in [2.24, 2.45) is 5.92 Å². The molecule has 116 valence electrons. The number of nitrogens with zero attached hydrogens (tertiary/aromatic N) is 1. The molecule has 1 heterocycles. The van der Waals surface area contributed by atoms with Crippen LogP contribution in [0.5, 0.6) is 5.75 Å². The molecule has 1 aromatic carbocycles. The first kappa shape index (κ1) is 15.7.